The first kappa shape index (κ1) is 14.6. The molecule has 1 aromatic carbocycles. The molecular formula is C14H20ClFN2O. The number of benzene rings is 1. The maximum atomic E-state index is 13.9. The molecular weight excluding hydrogens is 267 g/mol. The first-order valence-corrected chi connectivity index (χ1v) is 7.09. The molecule has 1 aromatic rings. The molecule has 0 aliphatic carbocycles. The molecule has 3 nitrogen and oxygen atoms in total. The van der Waals surface area contributed by atoms with Crippen LogP contribution in [0.3, 0.4) is 0 Å². The van der Waals surface area contributed by atoms with Crippen molar-refractivity contribution in [2.75, 3.05) is 19.7 Å². The summed E-state index contributed by atoms with van der Waals surface area (Å²) in [6, 6.07) is 3.00. The summed E-state index contributed by atoms with van der Waals surface area (Å²) in [6.07, 6.45) is 2.02. The Hall–Kier alpha value is -0.840. The average molecular weight is 287 g/mol. The van der Waals surface area contributed by atoms with Gasteiger partial charge in [-0.25, -0.2) is 4.39 Å². The second-order valence-electron chi connectivity index (χ2n) is 4.86. The van der Waals surface area contributed by atoms with E-state index in [0.29, 0.717) is 17.5 Å². The van der Waals surface area contributed by atoms with Crippen LogP contribution in [0.15, 0.2) is 12.1 Å². The summed E-state index contributed by atoms with van der Waals surface area (Å²) in [5.74, 6) is 0.0498. The van der Waals surface area contributed by atoms with Gasteiger partial charge in [0.05, 0.1) is 11.6 Å². The highest BCUT2D eigenvalue weighted by molar-refractivity contribution is 6.32. The summed E-state index contributed by atoms with van der Waals surface area (Å²) < 4.78 is 19.1. The van der Waals surface area contributed by atoms with E-state index < -0.39 is 5.82 Å². The Morgan fingerprint density at radius 2 is 2.16 bits per heavy atom. The van der Waals surface area contributed by atoms with Gasteiger partial charge in [-0.05, 0) is 56.5 Å². The van der Waals surface area contributed by atoms with Gasteiger partial charge >= 0.3 is 0 Å². The van der Waals surface area contributed by atoms with Gasteiger partial charge < -0.3 is 15.8 Å². The van der Waals surface area contributed by atoms with Gasteiger partial charge in [-0.2, -0.15) is 0 Å². The second kappa shape index (κ2) is 6.55. The zero-order chi connectivity index (χ0) is 13.8. The fourth-order valence-corrected chi connectivity index (χ4v) is 2.80. The van der Waals surface area contributed by atoms with E-state index in [0.717, 1.165) is 31.5 Å². The summed E-state index contributed by atoms with van der Waals surface area (Å²) in [5, 5.41) is 3.59. The molecule has 1 aliphatic heterocycles. The van der Waals surface area contributed by atoms with E-state index in [4.69, 9.17) is 22.1 Å². The summed E-state index contributed by atoms with van der Waals surface area (Å²) in [5.41, 5.74) is 6.99. The second-order valence-corrected chi connectivity index (χ2v) is 5.27. The lowest BCUT2D eigenvalue weighted by Gasteiger charge is -2.28. The van der Waals surface area contributed by atoms with Gasteiger partial charge in [0.1, 0.15) is 0 Å². The molecule has 19 heavy (non-hydrogen) atoms. The number of ether oxygens (including phenoxy) is 1. The van der Waals surface area contributed by atoms with E-state index in [-0.39, 0.29) is 11.8 Å². The quantitative estimate of drug-likeness (QED) is 0.895. The standard InChI is InChI=1S/C14H20ClFN2O/c1-2-19-14-11(15)7-10(8-12(14)16)13(17)9-3-5-18-6-4-9/h7-9,13,18H,2-6,17H2,1H3/t13-/m1/s1. The summed E-state index contributed by atoms with van der Waals surface area (Å²) in [7, 11) is 0. The number of piperidine rings is 1. The number of halogens is 2. The minimum absolute atomic E-state index is 0.116. The van der Waals surface area contributed by atoms with Gasteiger partial charge in [0.15, 0.2) is 11.6 Å². The van der Waals surface area contributed by atoms with Crippen molar-refractivity contribution in [3.05, 3.63) is 28.5 Å². The Morgan fingerprint density at radius 1 is 1.47 bits per heavy atom. The van der Waals surface area contributed by atoms with Crippen molar-refractivity contribution in [3.8, 4) is 5.75 Å². The zero-order valence-electron chi connectivity index (χ0n) is 11.1. The van der Waals surface area contributed by atoms with Gasteiger partial charge in [-0.3, -0.25) is 0 Å². The molecule has 0 radical (unpaired) electrons. The number of hydrogen-bond acceptors (Lipinski definition) is 3. The van der Waals surface area contributed by atoms with Crippen LogP contribution in [0, 0.1) is 11.7 Å². The third-order valence-corrected chi connectivity index (χ3v) is 3.87. The van der Waals surface area contributed by atoms with Crippen LogP contribution in [-0.4, -0.2) is 19.7 Å². The van der Waals surface area contributed by atoms with Gasteiger partial charge in [-0.15, -0.1) is 0 Å². The lowest BCUT2D eigenvalue weighted by molar-refractivity contribution is 0.314. The first-order chi connectivity index (χ1) is 9.13. The van der Waals surface area contributed by atoms with Crippen LogP contribution < -0.4 is 15.8 Å². The third kappa shape index (κ3) is 3.38. The monoisotopic (exact) mass is 286 g/mol. The first-order valence-electron chi connectivity index (χ1n) is 6.71. The van der Waals surface area contributed by atoms with Crippen LogP contribution in [0.5, 0.6) is 5.75 Å². The summed E-state index contributed by atoms with van der Waals surface area (Å²) in [4.78, 5) is 0. The molecule has 2 rings (SSSR count). The summed E-state index contributed by atoms with van der Waals surface area (Å²) >= 11 is 6.06. The minimum Gasteiger partial charge on any atom is -0.489 e. The van der Waals surface area contributed by atoms with E-state index in [1.165, 1.54) is 6.07 Å². The Balaban J connectivity index is 2.20. The molecule has 0 bridgehead atoms. The molecule has 0 unspecified atom stereocenters. The SMILES string of the molecule is CCOc1c(F)cc([C@H](N)C2CCNCC2)cc1Cl. The lowest BCUT2D eigenvalue weighted by atomic mass is 9.86. The molecule has 1 atom stereocenters. The smallest absolute Gasteiger partial charge is 0.173 e. The van der Waals surface area contributed by atoms with Crippen LogP contribution in [0.25, 0.3) is 0 Å². The van der Waals surface area contributed by atoms with Crippen LogP contribution in [0.4, 0.5) is 4.39 Å². The van der Waals surface area contributed by atoms with E-state index >= 15 is 0 Å². The fourth-order valence-electron chi connectivity index (χ4n) is 2.53. The van der Waals surface area contributed by atoms with Crippen molar-refractivity contribution in [2.45, 2.75) is 25.8 Å². The molecule has 0 amide bonds. The van der Waals surface area contributed by atoms with Crippen molar-refractivity contribution < 1.29 is 9.13 Å². The van der Waals surface area contributed by atoms with Crippen molar-refractivity contribution in [1.29, 1.82) is 0 Å². The molecule has 5 heteroatoms. The Kier molecular flexibility index (Phi) is 5.02. The largest absolute Gasteiger partial charge is 0.489 e. The molecule has 0 aromatic heterocycles. The van der Waals surface area contributed by atoms with E-state index in [1.807, 2.05) is 0 Å². The summed E-state index contributed by atoms with van der Waals surface area (Å²) in [6.45, 7) is 4.11. The van der Waals surface area contributed by atoms with Crippen LogP contribution >= 0.6 is 11.6 Å². The normalized spacial score (nSPS) is 18.3. The molecule has 1 aliphatic rings. The Bertz CT molecular complexity index is 412. The fraction of sp³-hybridized carbons (Fsp3) is 0.571. The average Bonchev–Trinajstić information content (AvgIpc) is 2.43. The molecule has 1 saturated heterocycles. The highest BCUT2D eigenvalue weighted by Crippen LogP contribution is 2.34. The van der Waals surface area contributed by atoms with E-state index in [1.54, 1.807) is 13.0 Å². The number of rotatable bonds is 4. The molecule has 1 heterocycles. The zero-order valence-corrected chi connectivity index (χ0v) is 11.8. The third-order valence-electron chi connectivity index (χ3n) is 3.59. The minimum atomic E-state index is -0.436. The molecule has 106 valence electrons. The van der Waals surface area contributed by atoms with E-state index in [2.05, 4.69) is 5.32 Å². The topological polar surface area (TPSA) is 47.3 Å². The van der Waals surface area contributed by atoms with Gasteiger partial charge in [0.25, 0.3) is 0 Å². The van der Waals surface area contributed by atoms with Crippen molar-refractivity contribution >= 4 is 11.6 Å². The maximum Gasteiger partial charge on any atom is 0.173 e. The lowest BCUT2D eigenvalue weighted by Crippen LogP contribution is -2.33. The van der Waals surface area contributed by atoms with Crippen LogP contribution in [-0.2, 0) is 0 Å². The van der Waals surface area contributed by atoms with Gasteiger partial charge in [0, 0.05) is 6.04 Å². The van der Waals surface area contributed by atoms with Gasteiger partial charge in [-0.1, -0.05) is 11.6 Å². The van der Waals surface area contributed by atoms with Crippen LogP contribution in [0.2, 0.25) is 5.02 Å². The van der Waals surface area contributed by atoms with Crippen LogP contribution in [0.1, 0.15) is 31.4 Å². The molecule has 0 saturated carbocycles. The maximum absolute atomic E-state index is 13.9. The van der Waals surface area contributed by atoms with E-state index in [9.17, 15) is 4.39 Å². The molecule has 3 N–H and O–H groups in total. The predicted octanol–water partition coefficient (Wildman–Crippen LogP) is 2.88. The van der Waals surface area contributed by atoms with Crippen molar-refractivity contribution in [1.82, 2.24) is 5.32 Å². The molecule has 1 fully saturated rings. The molecule has 0 spiro atoms. The highest BCUT2D eigenvalue weighted by atomic mass is 35.5. The highest BCUT2D eigenvalue weighted by Gasteiger charge is 2.23. The number of hydrogen-bond donors (Lipinski definition) is 2. The van der Waals surface area contributed by atoms with Crippen molar-refractivity contribution in [2.24, 2.45) is 11.7 Å². The number of nitrogens with two attached hydrogens (primary N) is 1. The van der Waals surface area contributed by atoms with Gasteiger partial charge in [0.2, 0.25) is 0 Å². The number of nitrogens with one attached hydrogen (secondary N) is 1. The predicted molar refractivity (Wildman–Crippen MR) is 75.1 cm³/mol. The Labute approximate surface area is 118 Å². The Morgan fingerprint density at radius 3 is 2.74 bits per heavy atom. The van der Waals surface area contributed by atoms with Crippen molar-refractivity contribution in [3.63, 3.8) is 0 Å².